The van der Waals surface area contributed by atoms with Crippen molar-refractivity contribution >= 4 is 32.4 Å². The molecule has 0 N–H and O–H groups in total. The molecule has 1 aromatic heterocycles. The van der Waals surface area contributed by atoms with E-state index in [0.717, 1.165) is 6.42 Å². The Bertz CT molecular complexity index is 305. The molecule has 2 rings (SSSR count). The number of rotatable bonds is 2. The van der Waals surface area contributed by atoms with Gasteiger partial charge in [-0.15, -0.1) is 0 Å². The highest BCUT2D eigenvalue weighted by atomic mass is 79.9. The number of halogens is 1. The van der Waals surface area contributed by atoms with Crippen molar-refractivity contribution in [3.05, 3.63) is 9.48 Å². The molecule has 0 radical (unpaired) electrons. The minimum absolute atomic E-state index is 1.02. The monoisotopic (exact) mass is 274 g/mol. The van der Waals surface area contributed by atoms with Gasteiger partial charge in [-0.25, -0.2) is 4.98 Å². The minimum Gasteiger partial charge on any atom is -0.348 e. The van der Waals surface area contributed by atoms with Crippen molar-refractivity contribution in [1.29, 1.82) is 0 Å². The van der Waals surface area contributed by atoms with Gasteiger partial charge >= 0.3 is 0 Å². The van der Waals surface area contributed by atoms with Crippen molar-refractivity contribution in [3.8, 4) is 0 Å². The first-order valence-electron chi connectivity index (χ1n) is 5.21. The van der Waals surface area contributed by atoms with Gasteiger partial charge in [0.25, 0.3) is 0 Å². The molecule has 1 aromatic rings. The van der Waals surface area contributed by atoms with Crippen LogP contribution in [0.3, 0.4) is 0 Å². The average molecular weight is 275 g/mol. The molecule has 14 heavy (non-hydrogen) atoms. The third-order valence-corrected chi connectivity index (χ3v) is 4.49. The second kappa shape index (κ2) is 4.62. The Kier molecular flexibility index (Phi) is 3.44. The van der Waals surface area contributed by atoms with Crippen molar-refractivity contribution in [3.63, 3.8) is 0 Å². The Morgan fingerprint density at radius 3 is 2.64 bits per heavy atom. The van der Waals surface area contributed by atoms with Gasteiger partial charge in [0.15, 0.2) is 5.13 Å². The predicted octanol–water partition coefficient (Wildman–Crippen LogP) is 3.46. The van der Waals surface area contributed by atoms with E-state index in [1.165, 1.54) is 47.0 Å². The molecule has 4 heteroatoms. The number of hydrogen-bond donors (Lipinski definition) is 0. The molecule has 0 amide bonds. The van der Waals surface area contributed by atoms with E-state index < -0.39 is 0 Å². The van der Waals surface area contributed by atoms with E-state index in [1.54, 1.807) is 11.3 Å². The molecule has 0 atom stereocenters. The van der Waals surface area contributed by atoms with Gasteiger partial charge in [-0.1, -0.05) is 18.3 Å². The number of piperidine rings is 1. The lowest BCUT2D eigenvalue weighted by molar-refractivity contribution is 0.576. The first kappa shape index (κ1) is 10.4. The number of hydrogen-bond acceptors (Lipinski definition) is 3. The van der Waals surface area contributed by atoms with Gasteiger partial charge < -0.3 is 4.90 Å². The van der Waals surface area contributed by atoms with Gasteiger partial charge in [0.1, 0.15) is 0 Å². The van der Waals surface area contributed by atoms with E-state index in [4.69, 9.17) is 0 Å². The molecule has 0 aromatic carbocycles. The van der Waals surface area contributed by atoms with E-state index >= 15 is 0 Å². The maximum atomic E-state index is 4.65. The predicted molar refractivity (Wildman–Crippen MR) is 65.3 cm³/mol. The standard InChI is InChI=1S/C10H15BrN2S/c1-2-8-9(11)14-10(12-8)13-6-4-3-5-7-13/h2-7H2,1H3. The average Bonchev–Trinajstić information content (AvgIpc) is 2.61. The third kappa shape index (κ3) is 2.11. The summed E-state index contributed by atoms with van der Waals surface area (Å²) in [5.41, 5.74) is 1.20. The molecular weight excluding hydrogens is 260 g/mol. The molecule has 0 unspecified atom stereocenters. The lowest BCUT2D eigenvalue weighted by Gasteiger charge is -2.25. The minimum atomic E-state index is 1.02. The van der Waals surface area contributed by atoms with Crippen LogP contribution in [-0.2, 0) is 6.42 Å². The lowest BCUT2D eigenvalue weighted by atomic mass is 10.1. The second-order valence-electron chi connectivity index (χ2n) is 3.62. The fourth-order valence-electron chi connectivity index (χ4n) is 1.76. The van der Waals surface area contributed by atoms with Gasteiger partial charge in [-0.3, -0.25) is 0 Å². The summed E-state index contributed by atoms with van der Waals surface area (Å²) in [6.45, 7) is 4.52. The Labute approximate surface area is 97.5 Å². The second-order valence-corrected chi connectivity index (χ2v) is 5.91. The summed E-state index contributed by atoms with van der Waals surface area (Å²) in [5, 5.41) is 1.20. The number of anilines is 1. The maximum Gasteiger partial charge on any atom is 0.186 e. The Morgan fingerprint density at radius 1 is 1.36 bits per heavy atom. The fourth-order valence-corrected chi connectivity index (χ4v) is 3.50. The number of thiazole rings is 1. The van der Waals surface area contributed by atoms with E-state index in [-0.39, 0.29) is 0 Å². The molecule has 78 valence electrons. The molecule has 1 fully saturated rings. The van der Waals surface area contributed by atoms with Crippen LogP contribution in [0, 0.1) is 0 Å². The summed E-state index contributed by atoms with van der Waals surface area (Å²) < 4.78 is 1.21. The number of aryl methyl sites for hydroxylation is 1. The van der Waals surface area contributed by atoms with Crippen LogP contribution in [0.1, 0.15) is 31.9 Å². The molecule has 0 spiro atoms. The van der Waals surface area contributed by atoms with E-state index in [0.29, 0.717) is 0 Å². The summed E-state index contributed by atoms with van der Waals surface area (Å²) in [7, 11) is 0. The SMILES string of the molecule is CCc1nc(N2CCCCC2)sc1Br. The van der Waals surface area contributed by atoms with Crippen LogP contribution in [0.2, 0.25) is 0 Å². The van der Waals surface area contributed by atoms with Crippen molar-refractivity contribution in [1.82, 2.24) is 4.98 Å². The number of nitrogens with zero attached hydrogens (tertiary/aromatic N) is 2. The third-order valence-electron chi connectivity index (χ3n) is 2.60. The summed E-state index contributed by atoms with van der Waals surface area (Å²) in [6, 6.07) is 0. The molecule has 0 aliphatic carbocycles. The highest BCUT2D eigenvalue weighted by molar-refractivity contribution is 9.11. The fraction of sp³-hybridized carbons (Fsp3) is 0.700. The molecule has 2 nitrogen and oxygen atoms in total. The van der Waals surface area contributed by atoms with Gasteiger partial charge in [0, 0.05) is 13.1 Å². The van der Waals surface area contributed by atoms with Gasteiger partial charge in [-0.05, 0) is 41.6 Å². The normalized spacial score (nSPS) is 17.4. The van der Waals surface area contributed by atoms with Crippen LogP contribution in [-0.4, -0.2) is 18.1 Å². The zero-order valence-electron chi connectivity index (χ0n) is 8.42. The van der Waals surface area contributed by atoms with E-state index in [9.17, 15) is 0 Å². The Morgan fingerprint density at radius 2 is 2.07 bits per heavy atom. The molecule has 1 saturated heterocycles. The zero-order chi connectivity index (χ0) is 9.97. The van der Waals surface area contributed by atoms with Crippen LogP contribution in [0.5, 0.6) is 0 Å². The van der Waals surface area contributed by atoms with Crippen molar-refractivity contribution < 1.29 is 0 Å². The first-order chi connectivity index (χ1) is 6.81. The number of aromatic nitrogens is 1. The molecule has 0 bridgehead atoms. The van der Waals surface area contributed by atoms with Crippen molar-refractivity contribution in [2.24, 2.45) is 0 Å². The van der Waals surface area contributed by atoms with E-state index in [2.05, 4.69) is 32.7 Å². The Hall–Kier alpha value is -0.0900. The molecule has 0 saturated carbocycles. The van der Waals surface area contributed by atoms with Crippen LogP contribution in [0.25, 0.3) is 0 Å². The highest BCUT2D eigenvalue weighted by Gasteiger charge is 2.16. The molecule has 1 aliphatic rings. The molecule has 2 heterocycles. The van der Waals surface area contributed by atoms with Crippen LogP contribution >= 0.6 is 27.3 Å². The smallest absolute Gasteiger partial charge is 0.186 e. The Balaban J connectivity index is 2.14. The van der Waals surface area contributed by atoms with Gasteiger partial charge in [-0.2, -0.15) is 0 Å². The topological polar surface area (TPSA) is 16.1 Å². The van der Waals surface area contributed by atoms with E-state index in [1.807, 2.05) is 0 Å². The summed E-state index contributed by atoms with van der Waals surface area (Å²) in [4.78, 5) is 7.06. The van der Waals surface area contributed by atoms with Gasteiger partial charge in [0.05, 0.1) is 9.48 Å². The van der Waals surface area contributed by atoms with Gasteiger partial charge in [0.2, 0.25) is 0 Å². The van der Waals surface area contributed by atoms with Crippen molar-refractivity contribution in [2.45, 2.75) is 32.6 Å². The highest BCUT2D eigenvalue weighted by Crippen LogP contribution is 2.32. The zero-order valence-corrected chi connectivity index (χ0v) is 10.8. The summed E-state index contributed by atoms with van der Waals surface area (Å²) >= 11 is 5.35. The summed E-state index contributed by atoms with van der Waals surface area (Å²) in [6.07, 6.45) is 5.03. The largest absolute Gasteiger partial charge is 0.348 e. The van der Waals surface area contributed by atoms with Crippen LogP contribution < -0.4 is 4.90 Å². The van der Waals surface area contributed by atoms with Crippen molar-refractivity contribution in [2.75, 3.05) is 18.0 Å². The maximum absolute atomic E-state index is 4.65. The first-order valence-corrected chi connectivity index (χ1v) is 6.82. The molecule has 1 aliphatic heterocycles. The lowest BCUT2D eigenvalue weighted by Crippen LogP contribution is -2.29. The quantitative estimate of drug-likeness (QED) is 0.821. The van der Waals surface area contributed by atoms with Crippen LogP contribution in [0.4, 0.5) is 5.13 Å². The molecular formula is C10H15BrN2S. The van der Waals surface area contributed by atoms with Crippen LogP contribution in [0.15, 0.2) is 3.79 Å². The summed E-state index contributed by atoms with van der Waals surface area (Å²) in [5.74, 6) is 0.